The van der Waals surface area contributed by atoms with E-state index < -0.39 is 0 Å². The van der Waals surface area contributed by atoms with Crippen molar-refractivity contribution in [2.24, 2.45) is 5.92 Å². The van der Waals surface area contributed by atoms with Gasteiger partial charge in [-0.2, -0.15) is 4.98 Å². The van der Waals surface area contributed by atoms with Gasteiger partial charge >= 0.3 is 0 Å². The molecule has 4 nitrogen and oxygen atoms in total. The Labute approximate surface area is 109 Å². The molecule has 2 aliphatic rings. The highest BCUT2D eigenvalue weighted by molar-refractivity contribution is 4.96. The third-order valence-corrected chi connectivity index (χ3v) is 4.29. The lowest BCUT2D eigenvalue weighted by molar-refractivity contribution is 0.344. The average molecular weight is 249 g/mol. The summed E-state index contributed by atoms with van der Waals surface area (Å²) in [5, 5.41) is 7.69. The minimum Gasteiger partial charge on any atom is -0.339 e. The largest absolute Gasteiger partial charge is 0.339 e. The number of nitrogens with zero attached hydrogens (tertiary/aromatic N) is 2. The molecule has 2 fully saturated rings. The Balaban J connectivity index is 1.60. The van der Waals surface area contributed by atoms with E-state index in [2.05, 4.69) is 15.5 Å². The number of aromatic nitrogens is 2. The molecule has 1 aliphatic carbocycles. The molecule has 1 unspecified atom stereocenters. The highest BCUT2D eigenvalue weighted by atomic mass is 16.5. The van der Waals surface area contributed by atoms with Crippen LogP contribution >= 0.6 is 0 Å². The van der Waals surface area contributed by atoms with Crippen molar-refractivity contribution in [2.45, 2.75) is 63.8 Å². The summed E-state index contributed by atoms with van der Waals surface area (Å²) >= 11 is 0. The lowest BCUT2D eigenvalue weighted by Gasteiger charge is -2.10. The zero-order chi connectivity index (χ0) is 12.2. The van der Waals surface area contributed by atoms with Crippen molar-refractivity contribution in [2.75, 3.05) is 6.54 Å². The van der Waals surface area contributed by atoms with Crippen LogP contribution in [0.15, 0.2) is 4.52 Å². The lowest BCUT2D eigenvalue weighted by Crippen LogP contribution is -2.21. The number of hydrogen-bond acceptors (Lipinski definition) is 4. The fourth-order valence-electron chi connectivity index (χ4n) is 3.20. The number of rotatable bonds is 3. The van der Waals surface area contributed by atoms with Crippen molar-refractivity contribution in [1.29, 1.82) is 0 Å². The van der Waals surface area contributed by atoms with Gasteiger partial charge in [-0.3, -0.25) is 0 Å². The molecule has 1 aliphatic heterocycles. The van der Waals surface area contributed by atoms with Crippen LogP contribution in [0.2, 0.25) is 0 Å². The van der Waals surface area contributed by atoms with Crippen LogP contribution in [0, 0.1) is 5.92 Å². The standard InChI is InChI=1S/C14H23N3O/c1-2-8-12(15-9-5-1)14-16-13(18-17-14)10-11-6-3-4-7-11/h11-12,15H,1-10H2. The van der Waals surface area contributed by atoms with E-state index in [0.717, 1.165) is 37.0 Å². The molecule has 4 heteroatoms. The summed E-state index contributed by atoms with van der Waals surface area (Å²) in [5.74, 6) is 2.51. The predicted molar refractivity (Wildman–Crippen MR) is 69.2 cm³/mol. The Morgan fingerprint density at radius 1 is 1.06 bits per heavy atom. The molecule has 2 heterocycles. The van der Waals surface area contributed by atoms with Crippen LogP contribution < -0.4 is 5.32 Å². The molecule has 1 N–H and O–H groups in total. The molecule has 0 spiro atoms. The van der Waals surface area contributed by atoms with Gasteiger partial charge in [0.2, 0.25) is 5.89 Å². The van der Waals surface area contributed by atoms with E-state index in [4.69, 9.17) is 4.52 Å². The van der Waals surface area contributed by atoms with Crippen LogP contribution in [0.5, 0.6) is 0 Å². The third-order valence-electron chi connectivity index (χ3n) is 4.29. The first kappa shape index (κ1) is 12.2. The Kier molecular flexibility index (Phi) is 3.93. The monoisotopic (exact) mass is 249 g/mol. The first-order valence-electron chi connectivity index (χ1n) is 7.47. The van der Waals surface area contributed by atoms with E-state index in [1.54, 1.807) is 0 Å². The van der Waals surface area contributed by atoms with E-state index in [-0.39, 0.29) is 0 Å². The molecule has 0 radical (unpaired) electrons. The Morgan fingerprint density at radius 3 is 2.78 bits per heavy atom. The molecule has 1 aromatic rings. The van der Waals surface area contributed by atoms with E-state index in [1.807, 2.05) is 0 Å². The second-order valence-corrected chi connectivity index (χ2v) is 5.76. The van der Waals surface area contributed by atoms with Gasteiger partial charge in [-0.25, -0.2) is 0 Å². The number of nitrogens with one attached hydrogen (secondary N) is 1. The van der Waals surface area contributed by atoms with E-state index >= 15 is 0 Å². The summed E-state index contributed by atoms with van der Waals surface area (Å²) in [6.07, 6.45) is 11.4. The SMILES string of the molecule is C1CCNC(c2noc(CC3CCCC3)n2)CC1. The predicted octanol–water partition coefficient (Wildman–Crippen LogP) is 3.01. The van der Waals surface area contributed by atoms with Crippen LogP contribution in [-0.4, -0.2) is 16.7 Å². The molecule has 3 rings (SSSR count). The molecule has 1 aromatic heterocycles. The van der Waals surface area contributed by atoms with Crippen molar-refractivity contribution >= 4 is 0 Å². The zero-order valence-corrected chi connectivity index (χ0v) is 11.0. The second kappa shape index (κ2) is 5.83. The lowest BCUT2D eigenvalue weighted by atomic mass is 10.0. The minimum atomic E-state index is 0.313. The maximum atomic E-state index is 5.42. The van der Waals surface area contributed by atoms with Gasteiger partial charge in [-0.05, 0) is 38.1 Å². The first-order chi connectivity index (χ1) is 8.92. The molecule has 100 valence electrons. The Hall–Kier alpha value is -0.900. The molecule has 1 saturated heterocycles. The summed E-state index contributed by atoms with van der Waals surface area (Å²) in [6, 6.07) is 0.313. The number of hydrogen-bond donors (Lipinski definition) is 1. The molecule has 18 heavy (non-hydrogen) atoms. The maximum Gasteiger partial charge on any atom is 0.226 e. The van der Waals surface area contributed by atoms with Gasteiger partial charge in [0.25, 0.3) is 0 Å². The van der Waals surface area contributed by atoms with Gasteiger partial charge in [0.15, 0.2) is 5.82 Å². The van der Waals surface area contributed by atoms with Crippen LogP contribution in [-0.2, 0) is 6.42 Å². The molecular weight excluding hydrogens is 226 g/mol. The molecule has 0 amide bonds. The van der Waals surface area contributed by atoms with Gasteiger partial charge in [-0.15, -0.1) is 0 Å². The van der Waals surface area contributed by atoms with Crippen LogP contribution in [0.1, 0.15) is 69.1 Å². The van der Waals surface area contributed by atoms with Gasteiger partial charge in [0.1, 0.15) is 0 Å². The highest BCUT2D eigenvalue weighted by Crippen LogP contribution is 2.28. The summed E-state index contributed by atoms with van der Waals surface area (Å²) in [7, 11) is 0. The normalized spacial score (nSPS) is 26.3. The summed E-state index contributed by atoms with van der Waals surface area (Å²) in [6.45, 7) is 1.08. The van der Waals surface area contributed by atoms with Crippen molar-refractivity contribution in [1.82, 2.24) is 15.5 Å². The third kappa shape index (κ3) is 2.91. The highest BCUT2D eigenvalue weighted by Gasteiger charge is 2.22. The van der Waals surface area contributed by atoms with E-state index in [9.17, 15) is 0 Å². The average Bonchev–Trinajstić information content (AvgIpc) is 2.97. The summed E-state index contributed by atoms with van der Waals surface area (Å²) < 4.78 is 5.42. The fourth-order valence-corrected chi connectivity index (χ4v) is 3.20. The zero-order valence-electron chi connectivity index (χ0n) is 11.0. The van der Waals surface area contributed by atoms with Crippen molar-refractivity contribution in [3.63, 3.8) is 0 Å². The van der Waals surface area contributed by atoms with Crippen molar-refractivity contribution in [3.8, 4) is 0 Å². The molecule has 1 atom stereocenters. The molecule has 1 saturated carbocycles. The van der Waals surface area contributed by atoms with E-state index in [0.29, 0.717) is 6.04 Å². The maximum absolute atomic E-state index is 5.42. The topological polar surface area (TPSA) is 51.0 Å². The van der Waals surface area contributed by atoms with Gasteiger partial charge in [0, 0.05) is 6.42 Å². The quantitative estimate of drug-likeness (QED) is 0.894. The Morgan fingerprint density at radius 2 is 1.89 bits per heavy atom. The smallest absolute Gasteiger partial charge is 0.226 e. The molecule has 0 bridgehead atoms. The van der Waals surface area contributed by atoms with Gasteiger partial charge in [-0.1, -0.05) is 30.8 Å². The minimum absolute atomic E-state index is 0.313. The van der Waals surface area contributed by atoms with Crippen LogP contribution in [0.4, 0.5) is 0 Å². The summed E-state index contributed by atoms with van der Waals surface area (Å²) in [4.78, 5) is 4.60. The first-order valence-corrected chi connectivity index (χ1v) is 7.47. The second-order valence-electron chi connectivity index (χ2n) is 5.76. The van der Waals surface area contributed by atoms with Crippen LogP contribution in [0.3, 0.4) is 0 Å². The van der Waals surface area contributed by atoms with Crippen LogP contribution in [0.25, 0.3) is 0 Å². The van der Waals surface area contributed by atoms with Crippen molar-refractivity contribution in [3.05, 3.63) is 11.7 Å². The molecular formula is C14H23N3O. The fraction of sp³-hybridized carbons (Fsp3) is 0.857. The summed E-state index contributed by atoms with van der Waals surface area (Å²) in [5.41, 5.74) is 0. The Bertz CT molecular complexity index is 363. The van der Waals surface area contributed by atoms with Crippen molar-refractivity contribution < 1.29 is 4.52 Å². The van der Waals surface area contributed by atoms with E-state index in [1.165, 1.54) is 44.9 Å². The molecule has 0 aromatic carbocycles. The van der Waals surface area contributed by atoms with Gasteiger partial charge < -0.3 is 9.84 Å². The van der Waals surface area contributed by atoms with Gasteiger partial charge in [0.05, 0.1) is 6.04 Å².